The molecule has 1 saturated heterocycles. The molecule has 1 fully saturated rings. The number of piperidine rings is 1. The minimum Gasteiger partial charge on any atom is -0.337 e. The van der Waals surface area contributed by atoms with E-state index < -0.39 is 0 Å². The molecule has 0 spiro atoms. The van der Waals surface area contributed by atoms with Crippen molar-refractivity contribution in [1.82, 2.24) is 19.9 Å². The fourth-order valence-electron chi connectivity index (χ4n) is 3.81. The summed E-state index contributed by atoms with van der Waals surface area (Å²) in [6, 6.07) is 12.1. The van der Waals surface area contributed by atoms with Crippen molar-refractivity contribution < 1.29 is 4.79 Å². The second-order valence-electron chi connectivity index (χ2n) is 6.94. The summed E-state index contributed by atoms with van der Waals surface area (Å²) >= 11 is 0. The Balaban J connectivity index is 1.51. The topological polar surface area (TPSA) is 59.0 Å². The van der Waals surface area contributed by atoms with Crippen LogP contribution >= 0.6 is 0 Å². The second kappa shape index (κ2) is 7.20. The average molecular weight is 346 g/mol. The quantitative estimate of drug-likeness (QED) is 0.729. The summed E-state index contributed by atoms with van der Waals surface area (Å²) < 4.78 is 0. The normalized spacial score (nSPS) is 17.4. The molecule has 0 aliphatic carbocycles. The van der Waals surface area contributed by atoms with Gasteiger partial charge in [0.25, 0.3) is 5.91 Å². The van der Waals surface area contributed by atoms with E-state index in [9.17, 15) is 4.79 Å². The maximum Gasteiger partial charge on any atom is 0.272 e. The fourth-order valence-corrected chi connectivity index (χ4v) is 3.81. The molecule has 2 aromatic heterocycles. The molecular formula is C21H22N4O. The summed E-state index contributed by atoms with van der Waals surface area (Å²) in [5, 5.41) is 1.21. The molecule has 1 atom stereocenters. The fraction of sp³-hybridized carbons (Fsp3) is 0.333. The highest BCUT2D eigenvalue weighted by atomic mass is 16.2. The Bertz CT molecular complexity index is 935. The van der Waals surface area contributed by atoms with Crippen LogP contribution in [0.15, 0.2) is 48.8 Å². The Morgan fingerprint density at radius 3 is 2.96 bits per heavy atom. The largest absolute Gasteiger partial charge is 0.337 e. The lowest BCUT2D eigenvalue weighted by Gasteiger charge is -2.33. The van der Waals surface area contributed by atoms with Crippen LogP contribution < -0.4 is 0 Å². The summed E-state index contributed by atoms with van der Waals surface area (Å²) in [5.74, 6) is 1.11. The first-order valence-corrected chi connectivity index (χ1v) is 9.12. The van der Waals surface area contributed by atoms with Crippen LogP contribution in [0.3, 0.4) is 0 Å². The van der Waals surface area contributed by atoms with Crippen molar-refractivity contribution in [2.24, 2.45) is 5.92 Å². The van der Waals surface area contributed by atoms with Crippen LogP contribution in [0.25, 0.3) is 10.9 Å². The van der Waals surface area contributed by atoms with Gasteiger partial charge < -0.3 is 4.90 Å². The molecule has 0 radical (unpaired) electrons. The van der Waals surface area contributed by atoms with E-state index in [0.29, 0.717) is 17.4 Å². The molecule has 1 amide bonds. The van der Waals surface area contributed by atoms with E-state index in [1.54, 1.807) is 12.3 Å². The van der Waals surface area contributed by atoms with Gasteiger partial charge in [0.1, 0.15) is 11.5 Å². The van der Waals surface area contributed by atoms with Gasteiger partial charge in [0.05, 0.1) is 5.52 Å². The summed E-state index contributed by atoms with van der Waals surface area (Å²) in [4.78, 5) is 27.5. The number of carbonyl (C=O) groups is 1. The maximum atomic E-state index is 12.8. The van der Waals surface area contributed by atoms with E-state index in [1.165, 1.54) is 10.9 Å². The van der Waals surface area contributed by atoms with Gasteiger partial charge in [-0.15, -0.1) is 0 Å². The standard InChI is InChI=1S/C21H22N4O/c1-15-22-11-9-20(24-15)21(26)25-12-4-5-16(14-25)13-17-6-2-8-19-18(17)7-3-10-23-19/h2-3,6-11,16H,4-5,12-14H2,1H3/t16-/m0/s1. The number of likely N-dealkylation sites (tertiary alicyclic amines) is 1. The highest BCUT2D eigenvalue weighted by Crippen LogP contribution is 2.25. The van der Waals surface area contributed by atoms with E-state index >= 15 is 0 Å². The number of rotatable bonds is 3. The highest BCUT2D eigenvalue weighted by molar-refractivity contribution is 5.92. The summed E-state index contributed by atoms with van der Waals surface area (Å²) in [6.45, 7) is 3.39. The number of nitrogens with zero attached hydrogens (tertiary/aromatic N) is 4. The Labute approximate surface area is 153 Å². The average Bonchev–Trinajstić information content (AvgIpc) is 2.68. The molecule has 3 aromatic rings. The van der Waals surface area contributed by atoms with Crippen molar-refractivity contribution in [2.75, 3.05) is 13.1 Å². The van der Waals surface area contributed by atoms with Gasteiger partial charge in [-0.3, -0.25) is 9.78 Å². The van der Waals surface area contributed by atoms with Crippen molar-refractivity contribution in [1.29, 1.82) is 0 Å². The van der Waals surface area contributed by atoms with Crippen LogP contribution in [0.5, 0.6) is 0 Å². The van der Waals surface area contributed by atoms with Gasteiger partial charge in [-0.05, 0) is 55.9 Å². The molecular weight excluding hydrogens is 324 g/mol. The number of fused-ring (bicyclic) bond motifs is 1. The van der Waals surface area contributed by atoms with Crippen LogP contribution in [-0.2, 0) is 6.42 Å². The molecule has 0 bridgehead atoms. The van der Waals surface area contributed by atoms with Crippen molar-refractivity contribution in [3.05, 3.63) is 65.9 Å². The molecule has 1 aliphatic rings. The van der Waals surface area contributed by atoms with Crippen LogP contribution in [-0.4, -0.2) is 38.8 Å². The van der Waals surface area contributed by atoms with Crippen LogP contribution in [0, 0.1) is 12.8 Å². The van der Waals surface area contributed by atoms with E-state index in [1.807, 2.05) is 30.2 Å². The van der Waals surface area contributed by atoms with Crippen molar-refractivity contribution in [3.63, 3.8) is 0 Å². The third-order valence-corrected chi connectivity index (χ3v) is 5.05. The molecule has 1 aromatic carbocycles. The van der Waals surface area contributed by atoms with Gasteiger partial charge in [-0.1, -0.05) is 18.2 Å². The zero-order valence-corrected chi connectivity index (χ0v) is 14.9. The van der Waals surface area contributed by atoms with Gasteiger partial charge in [0.15, 0.2) is 0 Å². The highest BCUT2D eigenvalue weighted by Gasteiger charge is 2.25. The lowest BCUT2D eigenvalue weighted by atomic mass is 9.89. The number of aryl methyl sites for hydroxylation is 1. The van der Waals surface area contributed by atoms with Gasteiger partial charge in [-0.25, -0.2) is 9.97 Å². The molecule has 0 N–H and O–H groups in total. The maximum absolute atomic E-state index is 12.8. The molecule has 132 valence electrons. The van der Waals surface area contributed by atoms with E-state index in [0.717, 1.165) is 37.9 Å². The third kappa shape index (κ3) is 3.43. The Kier molecular flexibility index (Phi) is 4.61. The summed E-state index contributed by atoms with van der Waals surface area (Å²) in [5.41, 5.74) is 2.84. The van der Waals surface area contributed by atoms with Crippen molar-refractivity contribution >= 4 is 16.8 Å². The van der Waals surface area contributed by atoms with Gasteiger partial charge in [0.2, 0.25) is 0 Å². The Morgan fingerprint density at radius 2 is 2.08 bits per heavy atom. The van der Waals surface area contributed by atoms with Crippen LogP contribution in [0.1, 0.15) is 34.7 Å². The van der Waals surface area contributed by atoms with Gasteiger partial charge >= 0.3 is 0 Å². The molecule has 0 unspecified atom stereocenters. The predicted molar refractivity (Wildman–Crippen MR) is 101 cm³/mol. The number of aromatic nitrogens is 3. The third-order valence-electron chi connectivity index (χ3n) is 5.05. The SMILES string of the molecule is Cc1nccc(C(=O)N2CCC[C@@H](Cc3cccc4ncccc34)C2)n1. The van der Waals surface area contributed by atoms with Gasteiger partial charge in [0, 0.05) is 30.9 Å². The lowest BCUT2D eigenvalue weighted by molar-refractivity contribution is 0.0667. The van der Waals surface area contributed by atoms with E-state index in [4.69, 9.17) is 0 Å². The number of pyridine rings is 1. The predicted octanol–water partition coefficient (Wildman–Crippen LogP) is 3.43. The number of carbonyl (C=O) groups excluding carboxylic acids is 1. The molecule has 3 heterocycles. The van der Waals surface area contributed by atoms with Crippen LogP contribution in [0.4, 0.5) is 0 Å². The molecule has 5 nitrogen and oxygen atoms in total. The minimum atomic E-state index is 0.0137. The smallest absolute Gasteiger partial charge is 0.272 e. The lowest BCUT2D eigenvalue weighted by Crippen LogP contribution is -2.41. The molecule has 26 heavy (non-hydrogen) atoms. The Morgan fingerprint density at radius 1 is 1.15 bits per heavy atom. The Hall–Kier alpha value is -2.82. The molecule has 5 heteroatoms. The number of amides is 1. The number of benzene rings is 1. The molecule has 0 saturated carbocycles. The molecule has 1 aliphatic heterocycles. The monoisotopic (exact) mass is 346 g/mol. The second-order valence-corrected chi connectivity index (χ2v) is 6.94. The zero-order chi connectivity index (χ0) is 17.9. The van der Waals surface area contributed by atoms with Gasteiger partial charge in [-0.2, -0.15) is 0 Å². The van der Waals surface area contributed by atoms with E-state index in [-0.39, 0.29) is 5.91 Å². The first-order valence-electron chi connectivity index (χ1n) is 9.12. The van der Waals surface area contributed by atoms with Crippen LogP contribution in [0.2, 0.25) is 0 Å². The molecule has 4 rings (SSSR count). The summed E-state index contributed by atoms with van der Waals surface area (Å²) in [7, 11) is 0. The summed E-state index contributed by atoms with van der Waals surface area (Å²) in [6.07, 6.45) is 6.62. The zero-order valence-electron chi connectivity index (χ0n) is 14.9. The van der Waals surface area contributed by atoms with E-state index in [2.05, 4.69) is 33.2 Å². The first-order chi connectivity index (χ1) is 12.7. The van der Waals surface area contributed by atoms with Crippen molar-refractivity contribution in [3.8, 4) is 0 Å². The minimum absolute atomic E-state index is 0.0137. The number of hydrogen-bond acceptors (Lipinski definition) is 4. The van der Waals surface area contributed by atoms with Crippen molar-refractivity contribution in [2.45, 2.75) is 26.2 Å². The number of hydrogen-bond donors (Lipinski definition) is 0. The first kappa shape index (κ1) is 16.6.